The number of aryl methyl sites for hydroxylation is 1. The molecule has 134 valence electrons. The van der Waals surface area contributed by atoms with Gasteiger partial charge in [0.1, 0.15) is 16.3 Å². The maximum atomic E-state index is 12.7. The van der Waals surface area contributed by atoms with Crippen LogP contribution in [-0.2, 0) is 11.3 Å². The summed E-state index contributed by atoms with van der Waals surface area (Å²) in [6.45, 7) is 3.74. The maximum Gasteiger partial charge on any atom is 0.346 e. The van der Waals surface area contributed by atoms with E-state index in [0.717, 1.165) is 17.0 Å². The fraction of sp³-hybridized carbons (Fsp3) is 0.222. The summed E-state index contributed by atoms with van der Waals surface area (Å²) in [6, 6.07) is 9.20. The van der Waals surface area contributed by atoms with Gasteiger partial charge in [-0.2, -0.15) is 0 Å². The van der Waals surface area contributed by atoms with Gasteiger partial charge in [0.05, 0.1) is 11.7 Å². The first-order valence-electron chi connectivity index (χ1n) is 8.01. The normalized spacial score (nSPS) is 10.8. The predicted molar refractivity (Wildman–Crippen MR) is 100 cm³/mol. The van der Waals surface area contributed by atoms with Crippen LogP contribution in [0.5, 0.6) is 0 Å². The Balaban J connectivity index is 1.97. The molecule has 0 unspecified atom stereocenters. The van der Waals surface area contributed by atoms with Crippen LogP contribution in [0.25, 0.3) is 10.2 Å². The van der Waals surface area contributed by atoms with Gasteiger partial charge in [-0.25, -0.2) is 9.78 Å². The highest BCUT2D eigenvalue weighted by Gasteiger charge is 2.20. The summed E-state index contributed by atoms with van der Waals surface area (Å²) in [7, 11) is 0. The molecular weight excluding hydrogens is 354 g/mol. The lowest BCUT2D eigenvalue weighted by Crippen LogP contribution is -2.36. The molecule has 1 amide bonds. The Kier molecular flexibility index (Phi) is 4.85. The molecule has 0 radical (unpaired) electrons. The third-order valence-corrected chi connectivity index (χ3v) is 5.29. The van der Waals surface area contributed by atoms with Crippen molar-refractivity contribution in [3.05, 3.63) is 57.5 Å². The molecule has 0 spiro atoms. The van der Waals surface area contributed by atoms with Gasteiger partial charge in [-0.15, -0.1) is 11.3 Å². The van der Waals surface area contributed by atoms with Crippen LogP contribution in [0.2, 0.25) is 0 Å². The standard InChI is InChI=1S/C18H17N3O4S/c1-3-21(12-7-5-4-6-8-12)13(22)9-20-10-19-16-14(17(20)23)11(2)15(26-16)18(24)25/h4-8,10H,3,9H2,1-2H3,(H,24,25). The van der Waals surface area contributed by atoms with E-state index in [9.17, 15) is 19.5 Å². The first kappa shape index (κ1) is 17.8. The highest BCUT2D eigenvalue weighted by Crippen LogP contribution is 2.26. The number of likely N-dealkylation sites (N-methyl/N-ethyl adjacent to an activating group) is 1. The second-order valence-electron chi connectivity index (χ2n) is 5.69. The number of hydrogen-bond donors (Lipinski definition) is 1. The SMILES string of the molecule is CCN(C(=O)Cn1cnc2sc(C(=O)O)c(C)c2c1=O)c1ccccc1. The number of aromatic nitrogens is 2. The summed E-state index contributed by atoms with van der Waals surface area (Å²) in [5.74, 6) is -1.33. The molecule has 0 aliphatic heterocycles. The number of anilines is 1. The topological polar surface area (TPSA) is 92.5 Å². The van der Waals surface area contributed by atoms with Crippen molar-refractivity contribution in [1.82, 2.24) is 9.55 Å². The molecular formula is C18H17N3O4S. The molecule has 0 atom stereocenters. The number of carboxylic acids is 1. The van der Waals surface area contributed by atoms with Gasteiger partial charge < -0.3 is 10.0 Å². The van der Waals surface area contributed by atoms with E-state index in [2.05, 4.69) is 4.98 Å². The number of fused-ring (bicyclic) bond motifs is 1. The Morgan fingerprint density at radius 3 is 2.58 bits per heavy atom. The smallest absolute Gasteiger partial charge is 0.346 e. The van der Waals surface area contributed by atoms with Crippen LogP contribution >= 0.6 is 11.3 Å². The predicted octanol–water partition coefficient (Wildman–Crippen LogP) is 2.52. The molecule has 2 heterocycles. The Labute approximate surface area is 153 Å². The number of hydrogen-bond acceptors (Lipinski definition) is 5. The van der Waals surface area contributed by atoms with Crippen LogP contribution in [0, 0.1) is 6.92 Å². The number of carbonyl (C=O) groups excluding carboxylic acids is 1. The molecule has 0 aliphatic rings. The Morgan fingerprint density at radius 2 is 1.96 bits per heavy atom. The lowest BCUT2D eigenvalue weighted by atomic mass is 10.2. The average molecular weight is 371 g/mol. The van der Waals surface area contributed by atoms with E-state index in [4.69, 9.17) is 0 Å². The van der Waals surface area contributed by atoms with Gasteiger partial charge >= 0.3 is 5.97 Å². The molecule has 2 aromatic heterocycles. The van der Waals surface area contributed by atoms with Gasteiger partial charge in [0.15, 0.2) is 0 Å². The average Bonchev–Trinajstić information content (AvgIpc) is 2.97. The Hall–Kier alpha value is -3.00. The van der Waals surface area contributed by atoms with E-state index in [0.29, 0.717) is 16.9 Å². The zero-order valence-corrected chi connectivity index (χ0v) is 15.1. The van der Waals surface area contributed by atoms with Crippen molar-refractivity contribution >= 4 is 39.1 Å². The quantitative estimate of drug-likeness (QED) is 0.744. The van der Waals surface area contributed by atoms with Crippen molar-refractivity contribution in [1.29, 1.82) is 0 Å². The number of para-hydroxylation sites is 1. The molecule has 3 rings (SSSR count). The second kappa shape index (κ2) is 7.09. The lowest BCUT2D eigenvalue weighted by molar-refractivity contribution is -0.119. The number of benzene rings is 1. The summed E-state index contributed by atoms with van der Waals surface area (Å²) in [4.78, 5) is 42.9. The van der Waals surface area contributed by atoms with Crippen LogP contribution in [0.3, 0.4) is 0 Å². The van der Waals surface area contributed by atoms with Gasteiger partial charge in [-0.1, -0.05) is 18.2 Å². The third kappa shape index (κ3) is 3.11. The second-order valence-corrected chi connectivity index (χ2v) is 6.69. The van der Waals surface area contributed by atoms with Gasteiger partial charge in [0, 0.05) is 12.2 Å². The number of nitrogens with zero attached hydrogens (tertiary/aromatic N) is 3. The van der Waals surface area contributed by atoms with Crippen molar-refractivity contribution in [3.8, 4) is 0 Å². The van der Waals surface area contributed by atoms with Crippen molar-refractivity contribution < 1.29 is 14.7 Å². The largest absolute Gasteiger partial charge is 0.477 e. The number of amides is 1. The molecule has 0 fully saturated rings. The van der Waals surface area contributed by atoms with E-state index in [1.165, 1.54) is 10.9 Å². The third-order valence-electron chi connectivity index (χ3n) is 4.10. The van der Waals surface area contributed by atoms with Gasteiger partial charge in [0.25, 0.3) is 5.56 Å². The fourth-order valence-electron chi connectivity index (χ4n) is 2.82. The summed E-state index contributed by atoms with van der Waals surface area (Å²) < 4.78 is 1.22. The van der Waals surface area contributed by atoms with Crippen LogP contribution < -0.4 is 10.5 Å². The van der Waals surface area contributed by atoms with E-state index >= 15 is 0 Å². The zero-order valence-electron chi connectivity index (χ0n) is 14.3. The van der Waals surface area contributed by atoms with Crippen LogP contribution in [-0.4, -0.2) is 33.1 Å². The van der Waals surface area contributed by atoms with Gasteiger partial charge in [0.2, 0.25) is 5.91 Å². The van der Waals surface area contributed by atoms with E-state index in [1.807, 2.05) is 37.3 Å². The number of carboxylic acid groups (broad SMARTS) is 1. The van der Waals surface area contributed by atoms with Crippen LogP contribution in [0.1, 0.15) is 22.2 Å². The van der Waals surface area contributed by atoms with E-state index in [1.54, 1.807) is 11.8 Å². The Morgan fingerprint density at radius 1 is 1.27 bits per heavy atom. The first-order valence-corrected chi connectivity index (χ1v) is 8.83. The molecule has 3 aromatic rings. The Bertz CT molecular complexity index is 1040. The van der Waals surface area contributed by atoms with Crippen LogP contribution in [0.4, 0.5) is 5.69 Å². The summed E-state index contributed by atoms with van der Waals surface area (Å²) in [5.41, 5.74) is 0.725. The van der Waals surface area contributed by atoms with Gasteiger partial charge in [-0.05, 0) is 31.5 Å². The van der Waals surface area contributed by atoms with Crippen LogP contribution in [0.15, 0.2) is 41.5 Å². The van der Waals surface area contributed by atoms with Crippen molar-refractivity contribution in [3.63, 3.8) is 0 Å². The molecule has 0 saturated heterocycles. The highest BCUT2D eigenvalue weighted by atomic mass is 32.1. The summed E-state index contributed by atoms with van der Waals surface area (Å²) in [5, 5.41) is 9.47. The lowest BCUT2D eigenvalue weighted by Gasteiger charge is -2.21. The number of thiophene rings is 1. The van der Waals surface area contributed by atoms with Crippen molar-refractivity contribution in [2.45, 2.75) is 20.4 Å². The molecule has 26 heavy (non-hydrogen) atoms. The molecule has 1 aromatic carbocycles. The zero-order chi connectivity index (χ0) is 18.8. The summed E-state index contributed by atoms with van der Waals surface area (Å²) >= 11 is 0.962. The fourth-order valence-corrected chi connectivity index (χ4v) is 3.80. The molecule has 0 bridgehead atoms. The number of carbonyl (C=O) groups is 2. The molecule has 7 nitrogen and oxygen atoms in total. The number of rotatable bonds is 5. The minimum absolute atomic E-state index is 0.0909. The van der Waals surface area contributed by atoms with Crippen molar-refractivity contribution in [2.24, 2.45) is 0 Å². The molecule has 8 heteroatoms. The van der Waals surface area contributed by atoms with E-state index in [-0.39, 0.29) is 22.7 Å². The van der Waals surface area contributed by atoms with E-state index < -0.39 is 11.5 Å². The first-order chi connectivity index (χ1) is 12.4. The summed E-state index contributed by atoms with van der Waals surface area (Å²) in [6.07, 6.45) is 1.29. The van der Waals surface area contributed by atoms with Gasteiger partial charge in [-0.3, -0.25) is 14.2 Å². The minimum atomic E-state index is -1.09. The molecule has 0 aliphatic carbocycles. The molecule has 1 N–H and O–H groups in total. The van der Waals surface area contributed by atoms with Crippen molar-refractivity contribution in [2.75, 3.05) is 11.4 Å². The molecule has 0 saturated carbocycles. The monoisotopic (exact) mass is 371 g/mol. The minimum Gasteiger partial charge on any atom is -0.477 e. The maximum absolute atomic E-state index is 12.7. The highest BCUT2D eigenvalue weighted by molar-refractivity contribution is 7.20. The number of aromatic carboxylic acids is 1.